The number of carbonyl (C=O) groups is 2. The Labute approximate surface area is 192 Å². The summed E-state index contributed by atoms with van der Waals surface area (Å²) in [4.78, 5) is 32.8. The van der Waals surface area contributed by atoms with Gasteiger partial charge in [-0.25, -0.2) is 14.2 Å². The van der Waals surface area contributed by atoms with Gasteiger partial charge in [-0.15, -0.1) is 0 Å². The zero-order valence-electron chi connectivity index (χ0n) is 19.4. The van der Waals surface area contributed by atoms with Gasteiger partial charge < -0.3 is 24.3 Å². The highest BCUT2D eigenvalue weighted by Gasteiger charge is 2.36. The molecule has 10 heteroatoms. The Morgan fingerprint density at radius 2 is 2.06 bits per heavy atom. The molecule has 0 saturated carbocycles. The number of likely N-dealkylation sites (tertiary alicyclic amines) is 1. The number of halogens is 1. The highest BCUT2D eigenvalue weighted by atomic mass is 19.1. The van der Waals surface area contributed by atoms with Crippen molar-refractivity contribution in [2.24, 2.45) is 0 Å². The molecule has 2 aliphatic heterocycles. The van der Waals surface area contributed by atoms with Gasteiger partial charge in [-0.1, -0.05) is 0 Å². The van der Waals surface area contributed by atoms with E-state index in [1.807, 2.05) is 4.57 Å². The van der Waals surface area contributed by atoms with Crippen LogP contribution in [-0.4, -0.2) is 70.9 Å². The number of methoxy groups -OCH3 is 1. The molecule has 2 aliphatic rings. The molecule has 2 fully saturated rings. The van der Waals surface area contributed by atoms with Crippen LogP contribution in [0.1, 0.15) is 33.0 Å². The fourth-order valence-corrected chi connectivity index (χ4v) is 4.05. The van der Waals surface area contributed by atoms with Crippen LogP contribution in [0.5, 0.6) is 0 Å². The minimum atomic E-state index is -0.744. The summed E-state index contributed by atoms with van der Waals surface area (Å²) in [5, 5.41) is 2.58. The smallest absolute Gasteiger partial charge is 0.408 e. The average molecular weight is 460 g/mol. The molecule has 2 aromatic rings. The molecule has 2 amide bonds. The molecule has 0 aliphatic carbocycles. The first kappa shape index (κ1) is 23.2. The fraction of sp³-hybridized carbons (Fsp3) is 0.522. The Hall–Kier alpha value is -2.98. The van der Waals surface area contributed by atoms with Gasteiger partial charge in [-0.05, 0) is 39.3 Å². The van der Waals surface area contributed by atoms with Gasteiger partial charge in [0.25, 0.3) is 0 Å². The topological polar surface area (TPSA) is 88.9 Å². The SMILES string of the molecule is COC1CN(Cc2nccn2-c2ccc(N3CCC(NC(=O)OC(C)(C)C)C3=O)c(F)c2)C1. The predicted molar refractivity (Wildman–Crippen MR) is 120 cm³/mol. The second kappa shape index (κ2) is 9.11. The first-order valence-corrected chi connectivity index (χ1v) is 11.0. The molecule has 1 unspecified atom stereocenters. The van der Waals surface area contributed by atoms with E-state index >= 15 is 4.39 Å². The zero-order chi connectivity index (χ0) is 23.8. The lowest BCUT2D eigenvalue weighted by molar-refractivity contribution is -0.118. The van der Waals surface area contributed by atoms with Crippen molar-refractivity contribution in [3.63, 3.8) is 0 Å². The van der Waals surface area contributed by atoms with E-state index < -0.39 is 23.6 Å². The molecule has 33 heavy (non-hydrogen) atoms. The second-order valence-electron chi connectivity index (χ2n) is 9.38. The molecule has 1 N–H and O–H groups in total. The van der Waals surface area contributed by atoms with E-state index in [9.17, 15) is 9.59 Å². The zero-order valence-corrected chi connectivity index (χ0v) is 19.4. The fourth-order valence-electron chi connectivity index (χ4n) is 4.05. The molecule has 178 valence electrons. The number of nitrogens with one attached hydrogen (secondary N) is 1. The van der Waals surface area contributed by atoms with Gasteiger partial charge in [0.2, 0.25) is 5.91 Å². The van der Waals surface area contributed by atoms with Gasteiger partial charge in [0.05, 0.1) is 18.3 Å². The molecule has 2 saturated heterocycles. The van der Waals surface area contributed by atoms with Crippen LogP contribution in [0.25, 0.3) is 5.69 Å². The van der Waals surface area contributed by atoms with Gasteiger partial charge in [-0.2, -0.15) is 0 Å². The minimum Gasteiger partial charge on any atom is -0.444 e. The standard InChI is InChI=1S/C23H30FN5O4/c1-23(2,3)33-22(31)26-18-7-9-29(21(18)30)19-6-5-15(11-17(19)24)28-10-8-25-20(28)14-27-12-16(13-27)32-4/h5-6,8,10-11,16,18H,7,9,12-14H2,1-4H3,(H,26,31). The summed E-state index contributed by atoms with van der Waals surface area (Å²) in [5.74, 6) is -0.0706. The number of hydrogen-bond donors (Lipinski definition) is 1. The highest BCUT2D eigenvalue weighted by Crippen LogP contribution is 2.27. The van der Waals surface area contributed by atoms with Crippen molar-refractivity contribution < 1.29 is 23.5 Å². The summed E-state index contributed by atoms with van der Waals surface area (Å²) in [5.41, 5.74) is 0.146. The monoisotopic (exact) mass is 459 g/mol. The first-order chi connectivity index (χ1) is 15.6. The van der Waals surface area contributed by atoms with Crippen LogP contribution in [-0.2, 0) is 20.8 Å². The third-order valence-electron chi connectivity index (χ3n) is 5.74. The van der Waals surface area contributed by atoms with E-state index in [4.69, 9.17) is 9.47 Å². The number of benzene rings is 1. The summed E-state index contributed by atoms with van der Waals surface area (Å²) < 4.78 is 27.4. The van der Waals surface area contributed by atoms with Crippen molar-refractivity contribution in [1.82, 2.24) is 19.8 Å². The lowest BCUT2D eigenvalue weighted by atomic mass is 10.1. The van der Waals surface area contributed by atoms with Gasteiger partial charge in [-0.3, -0.25) is 9.69 Å². The van der Waals surface area contributed by atoms with Crippen LogP contribution >= 0.6 is 0 Å². The molecule has 9 nitrogen and oxygen atoms in total. The molecule has 0 bridgehead atoms. The number of carbonyl (C=O) groups excluding carboxylic acids is 2. The number of aromatic nitrogens is 2. The van der Waals surface area contributed by atoms with E-state index in [-0.39, 0.29) is 17.7 Å². The number of rotatable bonds is 6. The number of amides is 2. The average Bonchev–Trinajstić information content (AvgIpc) is 3.30. The van der Waals surface area contributed by atoms with Gasteiger partial charge in [0.1, 0.15) is 23.3 Å². The minimum absolute atomic E-state index is 0.185. The lowest BCUT2D eigenvalue weighted by Crippen LogP contribution is -2.51. The number of anilines is 1. The number of nitrogens with zero attached hydrogens (tertiary/aromatic N) is 4. The van der Waals surface area contributed by atoms with Crippen molar-refractivity contribution in [2.75, 3.05) is 31.6 Å². The largest absolute Gasteiger partial charge is 0.444 e. The third kappa shape index (κ3) is 5.17. The van der Waals surface area contributed by atoms with Crippen molar-refractivity contribution in [1.29, 1.82) is 0 Å². The normalized spacial score (nSPS) is 19.6. The molecule has 3 heterocycles. The molecule has 0 spiro atoms. The van der Waals surface area contributed by atoms with E-state index in [0.29, 0.717) is 25.2 Å². The Morgan fingerprint density at radius 1 is 1.30 bits per heavy atom. The maximum absolute atomic E-state index is 15.1. The predicted octanol–water partition coefficient (Wildman–Crippen LogP) is 2.47. The Morgan fingerprint density at radius 3 is 2.73 bits per heavy atom. The number of imidazole rings is 1. The highest BCUT2D eigenvalue weighted by molar-refractivity contribution is 6.01. The number of ether oxygens (including phenoxy) is 2. The summed E-state index contributed by atoms with van der Waals surface area (Å²) >= 11 is 0. The van der Waals surface area contributed by atoms with E-state index in [2.05, 4.69) is 15.2 Å². The molecule has 1 aromatic carbocycles. The van der Waals surface area contributed by atoms with E-state index in [1.165, 1.54) is 11.0 Å². The molecule has 1 aromatic heterocycles. The molecule has 1 atom stereocenters. The molecular formula is C23H30FN5O4. The number of hydrogen-bond acceptors (Lipinski definition) is 6. The number of alkyl carbamates (subject to hydrolysis) is 1. The van der Waals surface area contributed by atoms with Crippen molar-refractivity contribution in [3.05, 3.63) is 42.2 Å². The van der Waals surface area contributed by atoms with Crippen LogP contribution in [0.3, 0.4) is 0 Å². The van der Waals surface area contributed by atoms with Crippen LogP contribution in [0, 0.1) is 5.82 Å². The summed E-state index contributed by atoms with van der Waals surface area (Å²) in [6, 6.07) is 4.01. The molecular weight excluding hydrogens is 429 g/mol. The van der Waals surface area contributed by atoms with Gasteiger partial charge >= 0.3 is 6.09 Å². The Balaban J connectivity index is 1.43. The summed E-state index contributed by atoms with van der Waals surface area (Å²) in [6.45, 7) is 7.87. The van der Waals surface area contributed by atoms with Crippen LogP contribution in [0.4, 0.5) is 14.9 Å². The van der Waals surface area contributed by atoms with Crippen molar-refractivity contribution >= 4 is 17.7 Å². The molecule has 4 rings (SSSR count). The first-order valence-electron chi connectivity index (χ1n) is 11.0. The van der Waals surface area contributed by atoms with Gasteiger partial charge in [0, 0.05) is 50.9 Å². The Kier molecular flexibility index (Phi) is 6.40. The maximum Gasteiger partial charge on any atom is 0.408 e. The van der Waals surface area contributed by atoms with E-state index in [1.54, 1.807) is 52.4 Å². The van der Waals surface area contributed by atoms with Crippen molar-refractivity contribution in [2.45, 2.75) is 51.5 Å². The quantitative estimate of drug-likeness (QED) is 0.714. The summed E-state index contributed by atoms with van der Waals surface area (Å²) in [7, 11) is 1.70. The van der Waals surface area contributed by atoms with Crippen LogP contribution in [0.15, 0.2) is 30.6 Å². The van der Waals surface area contributed by atoms with Crippen LogP contribution < -0.4 is 10.2 Å². The summed E-state index contributed by atoms with van der Waals surface area (Å²) in [6.07, 6.45) is 3.44. The Bertz CT molecular complexity index is 1030. The molecule has 0 radical (unpaired) electrons. The van der Waals surface area contributed by atoms with E-state index in [0.717, 1.165) is 18.9 Å². The lowest BCUT2D eigenvalue weighted by Gasteiger charge is -2.37. The van der Waals surface area contributed by atoms with Crippen molar-refractivity contribution in [3.8, 4) is 5.69 Å². The van der Waals surface area contributed by atoms with Crippen LogP contribution in [0.2, 0.25) is 0 Å². The van der Waals surface area contributed by atoms with Gasteiger partial charge in [0.15, 0.2) is 0 Å². The second-order valence-corrected chi connectivity index (χ2v) is 9.38. The third-order valence-corrected chi connectivity index (χ3v) is 5.74. The maximum atomic E-state index is 15.1.